The zero-order valence-electron chi connectivity index (χ0n) is 13.9. The second-order valence-corrected chi connectivity index (χ2v) is 7.88. The molecule has 1 unspecified atom stereocenters. The van der Waals surface area contributed by atoms with Gasteiger partial charge < -0.3 is 9.73 Å². The molecular weight excluding hydrogens is 362 g/mol. The van der Waals surface area contributed by atoms with Gasteiger partial charge in [-0.3, -0.25) is 10.1 Å². The van der Waals surface area contributed by atoms with Crippen LogP contribution in [0.3, 0.4) is 0 Å². The molecule has 0 aliphatic heterocycles. The van der Waals surface area contributed by atoms with E-state index in [1.165, 1.54) is 6.42 Å². The van der Waals surface area contributed by atoms with Crippen molar-refractivity contribution in [1.82, 2.24) is 15.6 Å². The molecule has 25 heavy (non-hydrogen) atoms. The van der Waals surface area contributed by atoms with E-state index in [9.17, 15) is 9.59 Å². The second-order valence-electron chi connectivity index (χ2n) is 6.15. The molecule has 0 bridgehead atoms. The Kier molecular flexibility index (Phi) is 5.86. The topological polar surface area (TPSA) is 84.2 Å². The number of halogens is 1. The summed E-state index contributed by atoms with van der Waals surface area (Å²) < 4.78 is 5.58. The molecule has 1 aliphatic rings. The van der Waals surface area contributed by atoms with Gasteiger partial charge >= 0.3 is 6.03 Å². The van der Waals surface area contributed by atoms with Crippen LogP contribution in [0.1, 0.15) is 39.0 Å². The number of benzene rings is 1. The monoisotopic (exact) mass is 381 g/mol. The molecule has 1 aromatic carbocycles. The van der Waals surface area contributed by atoms with Gasteiger partial charge in [0.25, 0.3) is 5.22 Å². The lowest BCUT2D eigenvalue weighted by atomic mass is 9.96. The molecule has 2 N–H and O–H groups in total. The van der Waals surface area contributed by atoms with E-state index in [-0.39, 0.29) is 11.9 Å². The predicted molar refractivity (Wildman–Crippen MR) is 97.9 cm³/mol. The molecule has 1 aliphatic carbocycles. The maximum Gasteiger partial charge on any atom is 0.321 e. The van der Waals surface area contributed by atoms with E-state index in [4.69, 9.17) is 16.0 Å². The lowest BCUT2D eigenvalue weighted by Gasteiger charge is -2.22. The van der Waals surface area contributed by atoms with Crippen molar-refractivity contribution in [3.05, 3.63) is 23.2 Å². The molecule has 2 aromatic rings. The van der Waals surface area contributed by atoms with Gasteiger partial charge in [0, 0.05) is 11.1 Å². The van der Waals surface area contributed by atoms with Crippen molar-refractivity contribution in [3.8, 4) is 0 Å². The summed E-state index contributed by atoms with van der Waals surface area (Å²) in [5.41, 5.74) is 1.24. The number of amides is 3. The number of hydrogen-bond acceptors (Lipinski definition) is 5. The predicted octanol–water partition coefficient (Wildman–Crippen LogP) is 4.12. The first kappa shape index (κ1) is 18.1. The first-order valence-corrected chi connectivity index (χ1v) is 9.61. The number of carbonyl (C=O) groups is 2. The first-order chi connectivity index (χ1) is 12.0. The molecule has 6 nitrogen and oxygen atoms in total. The molecular formula is C17H20ClN3O3S. The van der Waals surface area contributed by atoms with E-state index in [0.29, 0.717) is 21.3 Å². The minimum atomic E-state index is -0.513. The number of nitrogens with one attached hydrogen (secondary N) is 2. The van der Waals surface area contributed by atoms with Crippen LogP contribution in [0.2, 0.25) is 5.02 Å². The normalized spacial score (nSPS) is 16.6. The van der Waals surface area contributed by atoms with Crippen LogP contribution in [0.4, 0.5) is 4.79 Å². The summed E-state index contributed by atoms with van der Waals surface area (Å²) in [7, 11) is 0. The number of carbonyl (C=O) groups excluding carboxylic acids is 2. The molecule has 0 spiro atoms. The van der Waals surface area contributed by atoms with E-state index < -0.39 is 11.3 Å². The van der Waals surface area contributed by atoms with E-state index in [1.54, 1.807) is 25.1 Å². The van der Waals surface area contributed by atoms with Crippen LogP contribution in [-0.4, -0.2) is 28.2 Å². The van der Waals surface area contributed by atoms with Crippen LogP contribution in [0.25, 0.3) is 11.1 Å². The van der Waals surface area contributed by atoms with Gasteiger partial charge in [-0.2, -0.15) is 0 Å². The lowest BCUT2D eigenvalue weighted by Crippen LogP contribution is -2.47. The number of urea groups is 1. The average Bonchev–Trinajstić information content (AvgIpc) is 2.96. The number of thioether (sulfide) groups is 1. The summed E-state index contributed by atoms with van der Waals surface area (Å²) in [5, 5.41) is 5.68. The van der Waals surface area contributed by atoms with Crippen LogP contribution >= 0.6 is 23.4 Å². The third kappa shape index (κ3) is 4.89. The van der Waals surface area contributed by atoms with Crippen LogP contribution in [0.5, 0.6) is 0 Å². The summed E-state index contributed by atoms with van der Waals surface area (Å²) >= 11 is 7.08. The summed E-state index contributed by atoms with van der Waals surface area (Å²) in [6.45, 7) is 1.70. The molecule has 8 heteroatoms. The van der Waals surface area contributed by atoms with E-state index in [0.717, 1.165) is 37.4 Å². The molecule has 1 aromatic heterocycles. The number of hydrogen-bond donors (Lipinski definition) is 2. The molecule has 1 heterocycles. The third-order valence-electron chi connectivity index (χ3n) is 4.15. The summed E-state index contributed by atoms with van der Waals surface area (Å²) in [4.78, 5) is 28.4. The Labute approximate surface area is 155 Å². The fourth-order valence-corrected chi connectivity index (χ4v) is 3.74. The molecule has 0 radical (unpaired) electrons. The average molecular weight is 382 g/mol. The number of imide groups is 1. The van der Waals surface area contributed by atoms with Crippen molar-refractivity contribution in [2.24, 2.45) is 0 Å². The third-order valence-corrected chi connectivity index (χ3v) is 5.33. The van der Waals surface area contributed by atoms with Crippen molar-refractivity contribution in [2.45, 2.75) is 55.5 Å². The van der Waals surface area contributed by atoms with Gasteiger partial charge in [-0.1, -0.05) is 42.6 Å². The fourth-order valence-electron chi connectivity index (χ4n) is 2.82. The van der Waals surface area contributed by atoms with Crippen molar-refractivity contribution < 1.29 is 14.0 Å². The van der Waals surface area contributed by atoms with Crippen LogP contribution < -0.4 is 10.6 Å². The quantitative estimate of drug-likeness (QED) is 0.778. The number of oxazole rings is 1. The number of rotatable bonds is 4. The van der Waals surface area contributed by atoms with Crippen LogP contribution in [0.15, 0.2) is 27.8 Å². The van der Waals surface area contributed by atoms with Gasteiger partial charge in [0.2, 0.25) is 5.91 Å². The SMILES string of the molecule is CC(Sc1nc2cc(Cl)ccc2o1)C(=O)NC(=O)NC1CCCCC1. The number of nitrogens with zero attached hydrogens (tertiary/aromatic N) is 1. The summed E-state index contributed by atoms with van der Waals surface area (Å²) in [5.74, 6) is -0.376. The maximum atomic E-state index is 12.2. The summed E-state index contributed by atoms with van der Waals surface area (Å²) in [6.07, 6.45) is 5.39. The first-order valence-electron chi connectivity index (χ1n) is 8.35. The highest BCUT2D eigenvalue weighted by Gasteiger charge is 2.22. The molecule has 3 rings (SSSR count). The van der Waals surface area contributed by atoms with Crippen molar-refractivity contribution in [3.63, 3.8) is 0 Å². The number of fused-ring (bicyclic) bond motifs is 1. The van der Waals surface area contributed by atoms with Gasteiger partial charge in [-0.05, 0) is 38.0 Å². The standard InChI is InChI=1S/C17H20ClN3O3S/c1-10(15(22)21-16(23)19-12-5-3-2-4-6-12)25-17-20-13-9-11(18)7-8-14(13)24-17/h7-10,12H,2-6H2,1H3,(H2,19,21,22,23). The zero-order chi connectivity index (χ0) is 17.8. The highest BCUT2D eigenvalue weighted by molar-refractivity contribution is 8.00. The van der Waals surface area contributed by atoms with Gasteiger partial charge in [0.05, 0.1) is 5.25 Å². The van der Waals surface area contributed by atoms with E-state index >= 15 is 0 Å². The maximum absolute atomic E-state index is 12.2. The Hall–Kier alpha value is -1.73. The Balaban J connectivity index is 1.53. The molecule has 134 valence electrons. The second kappa shape index (κ2) is 8.10. The molecule has 3 amide bonds. The minimum Gasteiger partial charge on any atom is -0.431 e. The van der Waals surface area contributed by atoms with E-state index in [2.05, 4.69) is 15.6 Å². The van der Waals surface area contributed by atoms with Gasteiger partial charge in [0.1, 0.15) is 5.52 Å². The molecule has 1 saturated carbocycles. The zero-order valence-corrected chi connectivity index (χ0v) is 15.5. The largest absolute Gasteiger partial charge is 0.431 e. The Morgan fingerprint density at radius 1 is 1.32 bits per heavy atom. The summed E-state index contributed by atoms with van der Waals surface area (Å²) in [6, 6.07) is 4.87. The van der Waals surface area contributed by atoms with Crippen molar-refractivity contribution >= 4 is 46.4 Å². The van der Waals surface area contributed by atoms with Crippen LogP contribution in [0, 0.1) is 0 Å². The van der Waals surface area contributed by atoms with Crippen molar-refractivity contribution in [1.29, 1.82) is 0 Å². The Morgan fingerprint density at radius 2 is 2.08 bits per heavy atom. The fraction of sp³-hybridized carbons (Fsp3) is 0.471. The smallest absolute Gasteiger partial charge is 0.321 e. The molecule has 1 fully saturated rings. The van der Waals surface area contributed by atoms with E-state index in [1.807, 2.05) is 0 Å². The minimum absolute atomic E-state index is 0.159. The number of aromatic nitrogens is 1. The molecule has 0 saturated heterocycles. The Morgan fingerprint density at radius 3 is 2.84 bits per heavy atom. The van der Waals surface area contributed by atoms with Gasteiger partial charge in [-0.15, -0.1) is 0 Å². The van der Waals surface area contributed by atoms with Gasteiger partial charge in [-0.25, -0.2) is 9.78 Å². The highest BCUT2D eigenvalue weighted by Crippen LogP contribution is 2.28. The Bertz CT molecular complexity index is 774. The van der Waals surface area contributed by atoms with Gasteiger partial charge in [0.15, 0.2) is 5.58 Å². The molecule has 1 atom stereocenters. The van der Waals surface area contributed by atoms with Crippen LogP contribution in [-0.2, 0) is 4.79 Å². The lowest BCUT2D eigenvalue weighted by molar-refractivity contribution is -0.119. The highest BCUT2D eigenvalue weighted by atomic mass is 35.5. The van der Waals surface area contributed by atoms with Crippen molar-refractivity contribution in [2.75, 3.05) is 0 Å².